The summed E-state index contributed by atoms with van der Waals surface area (Å²) in [7, 11) is 1.93. The number of rotatable bonds is 3. The molecule has 0 saturated heterocycles. The fourth-order valence-electron chi connectivity index (χ4n) is 0.973. The lowest BCUT2D eigenvalue weighted by atomic mass is 10.2. The molecule has 1 N–H and O–H groups in total. The fourth-order valence-corrected chi connectivity index (χ4v) is 1.32. The van der Waals surface area contributed by atoms with E-state index in [0.717, 1.165) is 5.11 Å². The Morgan fingerprint density at radius 3 is 2.85 bits per heavy atom. The molecule has 0 heterocycles. The quantitative estimate of drug-likeness (QED) is 0.691. The van der Waals surface area contributed by atoms with Crippen LogP contribution < -0.4 is 5.32 Å². The van der Waals surface area contributed by atoms with E-state index in [1.807, 2.05) is 18.9 Å². The number of hydrogen-bond donors (Lipinski definition) is 1. The average molecular weight is 197 g/mol. The molecule has 3 nitrogen and oxygen atoms in total. The molecule has 13 heavy (non-hydrogen) atoms. The minimum Gasteiger partial charge on any atom is -0.360 e. The Bertz CT molecular complexity index is 230. The second-order valence-electron chi connectivity index (χ2n) is 3.55. The van der Waals surface area contributed by atoms with Gasteiger partial charge in [0.2, 0.25) is 0 Å². The molecule has 0 bridgehead atoms. The van der Waals surface area contributed by atoms with Crippen molar-refractivity contribution in [3.63, 3.8) is 0 Å². The molecule has 1 unspecified atom stereocenters. The van der Waals surface area contributed by atoms with Crippen LogP contribution in [0.25, 0.3) is 0 Å². The van der Waals surface area contributed by atoms with E-state index in [0.29, 0.717) is 12.5 Å². The Kier molecular flexibility index (Phi) is 3.49. The zero-order valence-electron chi connectivity index (χ0n) is 8.08. The molecule has 1 fully saturated rings. The summed E-state index contributed by atoms with van der Waals surface area (Å²) in [5, 5.41) is 12.5. The lowest BCUT2D eigenvalue weighted by Gasteiger charge is -2.26. The van der Waals surface area contributed by atoms with Gasteiger partial charge in [0, 0.05) is 19.1 Å². The topological polar surface area (TPSA) is 39.1 Å². The highest BCUT2D eigenvalue weighted by Crippen LogP contribution is 2.19. The number of nitriles is 1. The molecule has 1 aliphatic rings. The van der Waals surface area contributed by atoms with Crippen LogP contribution in [0.2, 0.25) is 0 Å². The lowest BCUT2D eigenvalue weighted by Crippen LogP contribution is -2.42. The van der Waals surface area contributed by atoms with Gasteiger partial charge >= 0.3 is 0 Å². The zero-order valence-corrected chi connectivity index (χ0v) is 8.90. The summed E-state index contributed by atoms with van der Waals surface area (Å²) < 4.78 is 0. The Labute approximate surface area is 84.7 Å². The van der Waals surface area contributed by atoms with Gasteiger partial charge in [-0.1, -0.05) is 0 Å². The van der Waals surface area contributed by atoms with Crippen LogP contribution >= 0.6 is 12.2 Å². The maximum absolute atomic E-state index is 8.52. The summed E-state index contributed by atoms with van der Waals surface area (Å²) in [5.74, 6) is 0. The third kappa shape index (κ3) is 3.19. The standard InChI is InChI=1S/C9H15N3S/c1-7(5-6-10)12(2)9(13)11-8-3-4-8/h7-8H,3-5H2,1-2H3,(H,11,13). The lowest BCUT2D eigenvalue weighted by molar-refractivity contribution is 0.389. The summed E-state index contributed by atoms with van der Waals surface area (Å²) in [4.78, 5) is 1.96. The van der Waals surface area contributed by atoms with Gasteiger partial charge in [-0.15, -0.1) is 0 Å². The van der Waals surface area contributed by atoms with Gasteiger partial charge in [0.05, 0.1) is 12.5 Å². The van der Waals surface area contributed by atoms with Crippen molar-refractivity contribution < 1.29 is 0 Å². The third-order valence-electron chi connectivity index (χ3n) is 2.27. The predicted octanol–water partition coefficient (Wildman–Crippen LogP) is 1.26. The Hall–Kier alpha value is -0.820. The van der Waals surface area contributed by atoms with Crippen LogP contribution in [0.1, 0.15) is 26.2 Å². The molecule has 0 aliphatic heterocycles. The molecular weight excluding hydrogens is 182 g/mol. The highest BCUT2D eigenvalue weighted by molar-refractivity contribution is 7.80. The van der Waals surface area contributed by atoms with Crippen molar-refractivity contribution in [2.24, 2.45) is 0 Å². The predicted molar refractivity (Wildman–Crippen MR) is 56.2 cm³/mol. The molecule has 0 amide bonds. The number of thiocarbonyl (C=S) groups is 1. The molecule has 1 aliphatic carbocycles. The Morgan fingerprint density at radius 1 is 1.77 bits per heavy atom. The van der Waals surface area contributed by atoms with Gasteiger partial charge in [-0.3, -0.25) is 0 Å². The van der Waals surface area contributed by atoms with Gasteiger partial charge in [0.1, 0.15) is 0 Å². The first kappa shape index (κ1) is 10.3. The number of nitrogens with one attached hydrogen (secondary N) is 1. The van der Waals surface area contributed by atoms with Crippen molar-refractivity contribution in [1.82, 2.24) is 10.2 Å². The van der Waals surface area contributed by atoms with Gasteiger partial charge in [0.15, 0.2) is 5.11 Å². The molecule has 0 spiro atoms. The molecule has 1 atom stereocenters. The van der Waals surface area contributed by atoms with Crippen LogP contribution in [0.3, 0.4) is 0 Å². The van der Waals surface area contributed by atoms with Gasteiger partial charge in [-0.2, -0.15) is 5.26 Å². The summed E-state index contributed by atoms with van der Waals surface area (Å²) in [6.07, 6.45) is 2.96. The van der Waals surface area contributed by atoms with E-state index in [-0.39, 0.29) is 6.04 Å². The first-order valence-electron chi connectivity index (χ1n) is 4.55. The minimum atomic E-state index is 0.198. The molecule has 4 heteroatoms. The van der Waals surface area contributed by atoms with E-state index in [4.69, 9.17) is 17.5 Å². The molecule has 0 aromatic heterocycles. The summed E-state index contributed by atoms with van der Waals surface area (Å²) in [6.45, 7) is 2.00. The second-order valence-corrected chi connectivity index (χ2v) is 3.93. The van der Waals surface area contributed by atoms with Crippen molar-refractivity contribution in [2.45, 2.75) is 38.3 Å². The fraction of sp³-hybridized carbons (Fsp3) is 0.778. The van der Waals surface area contributed by atoms with Crippen LogP contribution in [0.5, 0.6) is 0 Å². The van der Waals surface area contributed by atoms with Crippen molar-refractivity contribution >= 4 is 17.3 Å². The van der Waals surface area contributed by atoms with Crippen LogP contribution in [-0.4, -0.2) is 29.1 Å². The average Bonchev–Trinajstić information content (AvgIpc) is 2.87. The molecule has 72 valence electrons. The smallest absolute Gasteiger partial charge is 0.169 e. The molecular formula is C9H15N3S. The first-order chi connectivity index (χ1) is 6.15. The molecule has 0 aromatic rings. The molecule has 1 rings (SSSR count). The van der Waals surface area contributed by atoms with Gasteiger partial charge < -0.3 is 10.2 Å². The summed E-state index contributed by atoms with van der Waals surface area (Å²) in [6, 6.07) is 2.93. The third-order valence-corrected chi connectivity index (χ3v) is 2.68. The normalized spacial score (nSPS) is 17.3. The Balaban J connectivity index is 2.31. The van der Waals surface area contributed by atoms with Crippen molar-refractivity contribution in [1.29, 1.82) is 5.26 Å². The Morgan fingerprint density at radius 2 is 2.38 bits per heavy atom. The van der Waals surface area contributed by atoms with E-state index >= 15 is 0 Å². The van der Waals surface area contributed by atoms with Crippen molar-refractivity contribution in [3.05, 3.63) is 0 Å². The molecule has 0 aromatic carbocycles. The van der Waals surface area contributed by atoms with E-state index in [2.05, 4.69) is 11.4 Å². The zero-order chi connectivity index (χ0) is 9.84. The van der Waals surface area contributed by atoms with Crippen LogP contribution in [0.15, 0.2) is 0 Å². The highest BCUT2D eigenvalue weighted by atomic mass is 32.1. The maximum Gasteiger partial charge on any atom is 0.169 e. The maximum atomic E-state index is 8.52. The van der Waals surface area contributed by atoms with Crippen LogP contribution in [0.4, 0.5) is 0 Å². The van der Waals surface area contributed by atoms with Gasteiger partial charge in [-0.05, 0) is 32.0 Å². The summed E-state index contributed by atoms with van der Waals surface area (Å²) in [5.41, 5.74) is 0. The van der Waals surface area contributed by atoms with Gasteiger partial charge in [-0.25, -0.2) is 0 Å². The monoisotopic (exact) mass is 197 g/mol. The van der Waals surface area contributed by atoms with E-state index < -0.39 is 0 Å². The number of nitrogens with zero attached hydrogens (tertiary/aromatic N) is 2. The van der Waals surface area contributed by atoms with Crippen molar-refractivity contribution in [3.8, 4) is 6.07 Å². The van der Waals surface area contributed by atoms with E-state index in [1.54, 1.807) is 0 Å². The minimum absolute atomic E-state index is 0.198. The van der Waals surface area contributed by atoms with E-state index in [1.165, 1.54) is 12.8 Å². The highest BCUT2D eigenvalue weighted by Gasteiger charge is 2.23. The summed E-state index contributed by atoms with van der Waals surface area (Å²) >= 11 is 5.19. The molecule has 0 radical (unpaired) electrons. The largest absolute Gasteiger partial charge is 0.360 e. The van der Waals surface area contributed by atoms with E-state index in [9.17, 15) is 0 Å². The van der Waals surface area contributed by atoms with Crippen molar-refractivity contribution in [2.75, 3.05) is 7.05 Å². The molecule has 1 saturated carbocycles. The van der Waals surface area contributed by atoms with Gasteiger partial charge in [0.25, 0.3) is 0 Å². The SMILES string of the molecule is CC(CC#N)N(C)C(=S)NC1CC1. The first-order valence-corrected chi connectivity index (χ1v) is 4.96. The second kappa shape index (κ2) is 4.43. The number of hydrogen-bond acceptors (Lipinski definition) is 2. The van der Waals surface area contributed by atoms with Crippen LogP contribution in [-0.2, 0) is 0 Å². The van der Waals surface area contributed by atoms with Crippen LogP contribution in [0, 0.1) is 11.3 Å².